The van der Waals surface area contributed by atoms with Crippen molar-refractivity contribution in [1.29, 1.82) is 0 Å². The zero-order valence-corrected chi connectivity index (χ0v) is 21.6. The molecule has 1 unspecified atom stereocenters. The highest BCUT2D eigenvalue weighted by molar-refractivity contribution is 6.35. The smallest absolute Gasteiger partial charge is 0.416 e. The largest absolute Gasteiger partial charge is 0.481 e. The summed E-state index contributed by atoms with van der Waals surface area (Å²) in [6, 6.07) is 19.9. The maximum absolute atomic E-state index is 14.9. The lowest BCUT2D eigenvalue weighted by molar-refractivity contribution is -0.137. The summed E-state index contributed by atoms with van der Waals surface area (Å²) in [5.74, 6) is -1.44. The Bertz CT molecular complexity index is 1440. The van der Waals surface area contributed by atoms with Crippen LogP contribution in [0, 0.1) is 5.82 Å². The van der Waals surface area contributed by atoms with Gasteiger partial charge in [0.2, 0.25) is 0 Å². The van der Waals surface area contributed by atoms with Crippen LogP contribution in [0.25, 0.3) is 0 Å². The Kier molecular flexibility index (Phi) is 8.51. The third kappa shape index (κ3) is 6.78. The van der Waals surface area contributed by atoms with Crippen LogP contribution in [0.2, 0.25) is 15.1 Å². The van der Waals surface area contributed by atoms with Gasteiger partial charge in [0.1, 0.15) is 11.6 Å². The third-order valence-corrected chi connectivity index (χ3v) is 6.41. The number of amides is 1. The van der Waals surface area contributed by atoms with E-state index in [2.05, 4.69) is 5.32 Å². The van der Waals surface area contributed by atoms with Gasteiger partial charge in [0.05, 0.1) is 11.1 Å². The molecule has 0 saturated heterocycles. The van der Waals surface area contributed by atoms with Crippen LogP contribution >= 0.6 is 34.8 Å². The lowest BCUT2D eigenvalue weighted by atomic mass is 10.0. The number of carbonyl (C=O) groups excluding carboxylic acids is 1. The van der Waals surface area contributed by atoms with Gasteiger partial charge in [-0.3, -0.25) is 4.79 Å². The molecule has 4 aromatic rings. The first-order valence-electron chi connectivity index (χ1n) is 11.1. The lowest BCUT2D eigenvalue weighted by Gasteiger charge is -2.22. The van der Waals surface area contributed by atoms with E-state index in [-0.39, 0.29) is 17.9 Å². The van der Waals surface area contributed by atoms with Crippen molar-refractivity contribution in [2.75, 3.05) is 0 Å². The standard InChI is InChI=1S/C28H18Cl3F4NO2/c29-19-7-3-17(4-8-19)26(22-11-9-20(30)13-24(22)31)38-21-10-12-23(25(32)14-21)27(37)36-15-16-1-5-18(6-2-16)28(33,34)35/h1-14,26H,15H2,(H,36,37). The van der Waals surface area contributed by atoms with Crippen molar-refractivity contribution < 1.29 is 27.1 Å². The van der Waals surface area contributed by atoms with Crippen molar-refractivity contribution in [2.24, 2.45) is 0 Å². The van der Waals surface area contributed by atoms with E-state index in [0.717, 1.165) is 18.2 Å². The molecular weight excluding hydrogens is 565 g/mol. The highest BCUT2D eigenvalue weighted by Crippen LogP contribution is 2.35. The SMILES string of the molecule is O=C(NCc1ccc(C(F)(F)F)cc1)c1ccc(OC(c2ccc(Cl)cc2)c2ccc(Cl)cc2Cl)cc1F. The molecule has 0 saturated carbocycles. The van der Waals surface area contributed by atoms with Crippen LogP contribution in [0.3, 0.4) is 0 Å². The number of halogens is 7. The Morgan fingerprint density at radius 2 is 1.50 bits per heavy atom. The van der Waals surface area contributed by atoms with Gasteiger partial charge < -0.3 is 10.1 Å². The number of ether oxygens (including phenoxy) is 1. The fourth-order valence-electron chi connectivity index (χ4n) is 3.64. The van der Waals surface area contributed by atoms with Crippen LogP contribution in [0.1, 0.15) is 38.7 Å². The summed E-state index contributed by atoms with van der Waals surface area (Å²) in [6.07, 6.45) is -5.20. The molecule has 38 heavy (non-hydrogen) atoms. The Morgan fingerprint density at radius 3 is 2.11 bits per heavy atom. The van der Waals surface area contributed by atoms with Crippen molar-refractivity contribution >= 4 is 40.7 Å². The third-order valence-electron chi connectivity index (χ3n) is 5.59. The van der Waals surface area contributed by atoms with E-state index in [9.17, 15) is 22.4 Å². The monoisotopic (exact) mass is 581 g/mol. The summed E-state index contributed by atoms with van der Waals surface area (Å²) in [4.78, 5) is 12.5. The number of nitrogens with one attached hydrogen (secondary N) is 1. The quantitative estimate of drug-likeness (QED) is 0.221. The van der Waals surface area contributed by atoms with Gasteiger partial charge in [-0.15, -0.1) is 0 Å². The summed E-state index contributed by atoms with van der Waals surface area (Å²) in [5.41, 5.74) is 0.648. The van der Waals surface area contributed by atoms with E-state index in [4.69, 9.17) is 39.5 Å². The number of rotatable bonds is 7. The number of alkyl halides is 3. The topological polar surface area (TPSA) is 38.3 Å². The average molecular weight is 583 g/mol. The number of hydrogen-bond acceptors (Lipinski definition) is 2. The second kappa shape index (κ2) is 11.6. The van der Waals surface area contributed by atoms with Crippen LogP contribution in [0.4, 0.5) is 17.6 Å². The first-order valence-corrected chi connectivity index (χ1v) is 12.3. The van der Waals surface area contributed by atoms with Crippen LogP contribution in [0.5, 0.6) is 5.75 Å². The molecule has 4 aromatic carbocycles. The van der Waals surface area contributed by atoms with Crippen molar-refractivity contribution in [3.8, 4) is 5.75 Å². The Morgan fingerprint density at radius 1 is 0.842 bits per heavy atom. The van der Waals surface area contributed by atoms with Gasteiger partial charge >= 0.3 is 6.18 Å². The van der Waals surface area contributed by atoms with Crippen molar-refractivity contribution in [1.82, 2.24) is 5.32 Å². The van der Waals surface area contributed by atoms with E-state index in [1.165, 1.54) is 24.3 Å². The van der Waals surface area contributed by atoms with Gasteiger partial charge in [0.15, 0.2) is 6.10 Å². The Labute approximate surface area is 230 Å². The molecule has 196 valence electrons. The van der Waals surface area contributed by atoms with Crippen molar-refractivity contribution in [3.63, 3.8) is 0 Å². The average Bonchev–Trinajstić information content (AvgIpc) is 2.87. The van der Waals surface area contributed by atoms with Crippen LogP contribution < -0.4 is 10.1 Å². The molecule has 10 heteroatoms. The molecular formula is C28H18Cl3F4NO2. The fraction of sp³-hybridized carbons (Fsp3) is 0.107. The first kappa shape index (κ1) is 27.8. The highest BCUT2D eigenvalue weighted by Gasteiger charge is 2.30. The minimum Gasteiger partial charge on any atom is -0.481 e. The molecule has 0 aliphatic carbocycles. The first-order chi connectivity index (χ1) is 18.0. The molecule has 0 radical (unpaired) electrons. The van der Waals surface area contributed by atoms with E-state index in [0.29, 0.717) is 31.8 Å². The Balaban J connectivity index is 1.51. The van der Waals surface area contributed by atoms with Crippen LogP contribution in [-0.2, 0) is 12.7 Å². The molecule has 0 aliphatic heterocycles. The van der Waals surface area contributed by atoms with Gasteiger partial charge in [-0.05, 0) is 59.7 Å². The lowest BCUT2D eigenvalue weighted by Crippen LogP contribution is -2.24. The molecule has 0 bridgehead atoms. The zero-order chi connectivity index (χ0) is 27.4. The van der Waals surface area contributed by atoms with Gasteiger partial charge in [0.25, 0.3) is 5.91 Å². The van der Waals surface area contributed by atoms with Crippen molar-refractivity contribution in [2.45, 2.75) is 18.8 Å². The molecule has 1 atom stereocenters. The molecule has 0 spiro atoms. The maximum Gasteiger partial charge on any atom is 0.416 e. The van der Waals surface area contributed by atoms with Crippen molar-refractivity contribution in [3.05, 3.63) is 134 Å². The normalized spacial score (nSPS) is 12.2. The van der Waals surface area contributed by atoms with E-state index >= 15 is 0 Å². The minimum atomic E-state index is -4.46. The predicted molar refractivity (Wildman–Crippen MR) is 139 cm³/mol. The maximum atomic E-state index is 14.9. The molecule has 0 fully saturated rings. The molecule has 1 N–H and O–H groups in total. The van der Waals surface area contributed by atoms with Gasteiger partial charge in [-0.1, -0.05) is 65.1 Å². The summed E-state index contributed by atoms with van der Waals surface area (Å²) < 4.78 is 59.2. The molecule has 4 rings (SSSR count). The minimum absolute atomic E-state index is 0.0810. The number of hydrogen-bond donors (Lipinski definition) is 1. The number of benzene rings is 4. The second-order valence-electron chi connectivity index (χ2n) is 8.23. The highest BCUT2D eigenvalue weighted by atomic mass is 35.5. The fourth-order valence-corrected chi connectivity index (χ4v) is 4.27. The Hall–Kier alpha value is -3.26. The van der Waals surface area contributed by atoms with Crippen LogP contribution in [-0.4, -0.2) is 5.91 Å². The molecule has 1 amide bonds. The van der Waals surface area contributed by atoms with E-state index in [1.54, 1.807) is 42.5 Å². The van der Waals surface area contributed by atoms with Gasteiger partial charge in [-0.2, -0.15) is 13.2 Å². The molecule has 0 aromatic heterocycles. The van der Waals surface area contributed by atoms with E-state index in [1.807, 2.05) is 0 Å². The molecule has 0 aliphatic rings. The number of carbonyl (C=O) groups is 1. The van der Waals surface area contributed by atoms with Gasteiger partial charge in [-0.25, -0.2) is 4.39 Å². The summed E-state index contributed by atoms with van der Waals surface area (Å²) in [7, 11) is 0. The molecule has 3 nitrogen and oxygen atoms in total. The predicted octanol–water partition coefficient (Wildman–Crippen LogP) is 8.90. The van der Waals surface area contributed by atoms with E-state index < -0.39 is 29.6 Å². The summed E-state index contributed by atoms with van der Waals surface area (Å²) in [5, 5.41) is 3.80. The summed E-state index contributed by atoms with van der Waals surface area (Å²) >= 11 is 18.5. The summed E-state index contributed by atoms with van der Waals surface area (Å²) in [6.45, 7) is -0.0810. The molecule has 0 heterocycles. The van der Waals surface area contributed by atoms with Crippen LogP contribution in [0.15, 0.2) is 84.9 Å². The zero-order valence-electron chi connectivity index (χ0n) is 19.3. The van der Waals surface area contributed by atoms with Gasteiger partial charge in [0, 0.05) is 33.2 Å². The second-order valence-corrected chi connectivity index (χ2v) is 9.51.